The maximum absolute atomic E-state index is 4.58. The molecule has 1 heterocycles. The Hall–Kier alpha value is -2.76. The van der Waals surface area contributed by atoms with E-state index in [1.807, 2.05) is 12.3 Å². The van der Waals surface area contributed by atoms with E-state index in [0.29, 0.717) is 0 Å². The second-order valence-electron chi connectivity index (χ2n) is 6.61. The van der Waals surface area contributed by atoms with Gasteiger partial charge >= 0.3 is 0 Å². The van der Waals surface area contributed by atoms with E-state index in [-0.39, 0.29) is 0 Å². The molecule has 0 aliphatic carbocycles. The minimum absolute atomic E-state index is 0.966. The molecule has 0 saturated carbocycles. The lowest BCUT2D eigenvalue weighted by Gasteiger charge is -2.27. The first-order valence-electron chi connectivity index (χ1n) is 9.34. The number of nitrogens with zero attached hydrogens (tertiary/aromatic N) is 1. The number of hydrogen-bond donors (Lipinski definition) is 0. The quantitative estimate of drug-likeness (QED) is 0.453. The van der Waals surface area contributed by atoms with Crippen LogP contribution in [0, 0.1) is 0 Å². The molecule has 4 aromatic rings. The van der Waals surface area contributed by atoms with Crippen LogP contribution in [0.25, 0.3) is 0 Å². The Kier molecular flexibility index (Phi) is 5.42. The first-order chi connectivity index (χ1) is 13.4. The number of pyridine rings is 1. The van der Waals surface area contributed by atoms with E-state index < -0.39 is 7.26 Å². The molecule has 132 valence electrons. The summed E-state index contributed by atoms with van der Waals surface area (Å²) >= 11 is 0. The summed E-state index contributed by atoms with van der Waals surface area (Å²) in [5.41, 5.74) is 1.16. The van der Waals surface area contributed by atoms with Gasteiger partial charge in [0.1, 0.15) is 23.2 Å². The average Bonchev–Trinajstić information content (AvgIpc) is 2.77. The van der Waals surface area contributed by atoms with Crippen LogP contribution >= 0.6 is 7.26 Å². The first-order valence-corrected chi connectivity index (χ1v) is 11.3. The molecule has 0 N–H and O–H groups in total. The minimum atomic E-state index is -1.76. The lowest BCUT2D eigenvalue weighted by molar-refractivity contribution is 1.04. The Morgan fingerprint density at radius 3 is 1.37 bits per heavy atom. The van der Waals surface area contributed by atoms with Crippen LogP contribution in [0.1, 0.15) is 5.69 Å². The molecule has 0 saturated heterocycles. The molecule has 4 rings (SSSR count). The van der Waals surface area contributed by atoms with E-state index in [4.69, 9.17) is 0 Å². The number of benzene rings is 3. The van der Waals surface area contributed by atoms with Crippen molar-refractivity contribution < 1.29 is 0 Å². The number of aryl methyl sites for hydroxylation is 1. The van der Waals surface area contributed by atoms with Gasteiger partial charge in [0.15, 0.2) is 0 Å². The highest BCUT2D eigenvalue weighted by Gasteiger charge is 2.44. The predicted octanol–water partition coefficient (Wildman–Crippen LogP) is 4.62. The molecule has 1 nitrogen and oxygen atoms in total. The molecule has 0 fully saturated rings. The van der Waals surface area contributed by atoms with Crippen LogP contribution in [0.15, 0.2) is 115 Å². The summed E-state index contributed by atoms with van der Waals surface area (Å²) in [7, 11) is -1.76. The van der Waals surface area contributed by atoms with E-state index in [0.717, 1.165) is 18.3 Å². The van der Waals surface area contributed by atoms with E-state index in [1.54, 1.807) is 0 Å². The molecule has 0 amide bonds. The van der Waals surface area contributed by atoms with Crippen molar-refractivity contribution in [2.75, 3.05) is 6.16 Å². The van der Waals surface area contributed by atoms with Crippen molar-refractivity contribution >= 4 is 23.2 Å². The van der Waals surface area contributed by atoms with Crippen LogP contribution < -0.4 is 15.9 Å². The summed E-state index contributed by atoms with van der Waals surface area (Å²) < 4.78 is 0. The largest absolute Gasteiger partial charge is 0.261 e. The van der Waals surface area contributed by atoms with Crippen molar-refractivity contribution in [1.29, 1.82) is 0 Å². The Balaban J connectivity index is 1.89. The Morgan fingerprint density at radius 2 is 0.963 bits per heavy atom. The highest BCUT2D eigenvalue weighted by atomic mass is 31.2. The molecule has 0 radical (unpaired) electrons. The van der Waals surface area contributed by atoms with Gasteiger partial charge in [0.25, 0.3) is 0 Å². The Bertz CT molecular complexity index is 857. The molecule has 0 atom stereocenters. The van der Waals surface area contributed by atoms with Crippen molar-refractivity contribution in [2.24, 2.45) is 0 Å². The second kappa shape index (κ2) is 8.29. The van der Waals surface area contributed by atoms with Gasteiger partial charge in [-0.1, -0.05) is 60.7 Å². The molecule has 0 unspecified atom stereocenters. The monoisotopic (exact) mass is 368 g/mol. The summed E-state index contributed by atoms with van der Waals surface area (Å²) in [6, 6.07) is 39.3. The third kappa shape index (κ3) is 3.70. The predicted molar refractivity (Wildman–Crippen MR) is 118 cm³/mol. The zero-order valence-electron chi connectivity index (χ0n) is 15.3. The maximum Gasteiger partial charge on any atom is 0.112 e. The van der Waals surface area contributed by atoms with Crippen LogP contribution in [0.4, 0.5) is 0 Å². The molecule has 1 aromatic heterocycles. The van der Waals surface area contributed by atoms with Gasteiger partial charge in [-0.15, -0.1) is 0 Å². The van der Waals surface area contributed by atoms with Crippen LogP contribution in [0.3, 0.4) is 0 Å². The lowest BCUT2D eigenvalue weighted by Crippen LogP contribution is -2.34. The van der Waals surface area contributed by atoms with Crippen molar-refractivity contribution in [3.8, 4) is 0 Å². The molecular weight excluding hydrogens is 345 g/mol. The summed E-state index contributed by atoms with van der Waals surface area (Å²) in [6.07, 6.45) is 3.93. The molecule has 2 heteroatoms. The van der Waals surface area contributed by atoms with E-state index in [9.17, 15) is 0 Å². The molecule has 3 aromatic carbocycles. The van der Waals surface area contributed by atoms with Crippen LogP contribution in [-0.2, 0) is 6.42 Å². The Morgan fingerprint density at radius 1 is 0.519 bits per heavy atom. The summed E-state index contributed by atoms with van der Waals surface area (Å²) in [5.74, 6) is 0. The van der Waals surface area contributed by atoms with E-state index in [1.165, 1.54) is 15.9 Å². The minimum Gasteiger partial charge on any atom is -0.261 e. The fraction of sp³-hybridized carbons (Fsp3) is 0.0800. The third-order valence-corrected chi connectivity index (χ3v) is 9.45. The zero-order chi connectivity index (χ0) is 18.4. The van der Waals surface area contributed by atoms with Crippen LogP contribution in [0.5, 0.6) is 0 Å². The average molecular weight is 368 g/mol. The third-order valence-electron chi connectivity index (χ3n) is 5.02. The second-order valence-corrected chi connectivity index (χ2v) is 10.2. The highest BCUT2D eigenvalue weighted by molar-refractivity contribution is 7.95. The standard InChI is InChI=1S/C25H23NP/c1-4-13-23(14-5-1)27(24-15-6-2-7-16-24,25-17-8-3-9-18-25)21-19-22-12-10-11-20-26-22/h1-18,20H,19,21H2/q+1. The molecule has 0 aliphatic rings. The van der Waals surface area contributed by atoms with Crippen molar-refractivity contribution in [3.63, 3.8) is 0 Å². The van der Waals surface area contributed by atoms with Gasteiger partial charge in [-0.05, 0) is 48.5 Å². The number of aromatic nitrogens is 1. The molecular formula is C25H23NP+. The zero-order valence-corrected chi connectivity index (χ0v) is 16.2. The van der Waals surface area contributed by atoms with Gasteiger partial charge in [0.2, 0.25) is 0 Å². The normalized spacial score (nSPS) is 11.3. The maximum atomic E-state index is 4.58. The van der Waals surface area contributed by atoms with Gasteiger partial charge in [0, 0.05) is 18.3 Å². The molecule has 27 heavy (non-hydrogen) atoms. The molecule has 0 aliphatic heterocycles. The van der Waals surface area contributed by atoms with Crippen molar-refractivity contribution in [2.45, 2.75) is 6.42 Å². The summed E-state index contributed by atoms with van der Waals surface area (Å²) in [5, 5.41) is 4.29. The van der Waals surface area contributed by atoms with Gasteiger partial charge < -0.3 is 0 Å². The van der Waals surface area contributed by atoms with Gasteiger partial charge in [-0.25, -0.2) is 0 Å². The first kappa shape index (κ1) is 17.6. The summed E-state index contributed by atoms with van der Waals surface area (Å²) in [4.78, 5) is 4.58. The number of hydrogen-bond acceptors (Lipinski definition) is 1. The molecule has 0 bridgehead atoms. The van der Waals surface area contributed by atoms with Crippen molar-refractivity contribution in [1.82, 2.24) is 4.98 Å². The van der Waals surface area contributed by atoms with E-state index in [2.05, 4.69) is 108 Å². The SMILES string of the molecule is c1ccc([P+](CCc2ccccn2)(c2ccccc2)c2ccccc2)cc1. The fourth-order valence-electron chi connectivity index (χ4n) is 3.71. The van der Waals surface area contributed by atoms with Gasteiger partial charge in [0.05, 0.1) is 6.16 Å². The van der Waals surface area contributed by atoms with Gasteiger partial charge in [-0.3, -0.25) is 4.98 Å². The van der Waals surface area contributed by atoms with Crippen LogP contribution in [-0.4, -0.2) is 11.1 Å². The van der Waals surface area contributed by atoms with Crippen LogP contribution in [0.2, 0.25) is 0 Å². The number of rotatable bonds is 6. The summed E-state index contributed by atoms with van der Waals surface area (Å²) in [6.45, 7) is 0. The Labute approximate surface area is 162 Å². The van der Waals surface area contributed by atoms with Gasteiger partial charge in [-0.2, -0.15) is 0 Å². The smallest absolute Gasteiger partial charge is 0.112 e. The van der Waals surface area contributed by atoms with Crippen molar-refractivity contribution in [3.05, 3.63) is 121 Å². The molecule has 0 spiro atoms. The fourth-order valence-corrected chi connectivity index (χ4v) is 7.99. The topological polar surface area (TPSA) is 12.9 Å². The lowest BCUT2D eigenvalue weighted by atomic mass is 10.3. The van der Waals surface area contributed by atoms with E-state index >= 15 is 0 Å². The highest BCUT2D eigenvalue weighted by Crippen LogP contribution is 2.55.